The van der Waals surface area contributed by atoms with Gasteiger partial charge in [-0.3, -0.25) is 4.57 Å². The second-order valence-corrected chi connectivity index (χ2v) is 3.45. The highest BCUT2D eigenvalue weighted by atomic mass is 31.2. The molecule has 0 aliphatic carbocycles. The first-order chi connectivity index (χ1) is 3.85. The van der Waals surface area contributed by atoms with Crippen LogP contribution in [0.2, 0.25) is 0 Å². The van der Waals surface area contributed by atoms with Crippen LogP contribution in [0.15, 0.2) is 0 Å². The molecule has 0 heterocycles. The third kappa shape index (κ3) is 2.93. The van der Waals surface area contributed by atoms with Gasteiger partial charge >= 0.3 is 7.60 Å². The third-order valence-corrected chi connectivity index (χ3v) is 1.90. The summed E-state index contributed by atoms with van der Waals surface area (Å²) in [5, 5.41) is 16.9. The Balaban J connectivity index is 4.05. The van der Waals surface area contributed by atoms with E-state index in [9.17, 15) is 4.57 Å². The van der Waals surface area contributed by atoms with Crippen LogP contribution in [0.25, 0.3) is 0 Å². The van der Waals surface area contributed by atoms with Crippen molar-refractivity contribution < 1.29 is 24.6 Å². The zero-order chi connectivity index (χ0) is 7.65. The normalized spacial score (nSPS) is 19.2. The fourth-order valence-corrected chi connectivity index (χ4v) is 0.843. The summed E-state index contributed by atoms with van der Waals surface area (Å²) >= 11 is 0. The molecule has 0 fully saturated rings. The summed E-state index contributed by atoms with van der Waals surface area (Å²) in [7, 11) is -4.51. The molecule has 0 spiro atoms. The Kier molecular flexibility index (Phi) is 2.79. The van der Waals surface area contributed by atoms with Crippen molar-refractivity contribution in [2.45, 2.75) is 18.9 Å². The fourth-order valence-electron chi connectivity index (χ4n) is 0.281. The predicted molar refractivity (Wildman–Crippen MR) is 29.7 cm³/mol. The van der Waals surface area contributed by atoms with Gasteiger partial charge in [-0.15, -0.1) is 0 Å². The van der Waals surface area contributed by atoms with Crippen molar-refractivity contribution in [1.29, 1.82) is 0 Å². The molecule has 0 aromatic rings. The molecular weight excluding hydrogens is 147 g/mol. The van der Waals surface area contributed by atoms with Crippen molar-refractivity contribution in [3.63, 3.8) is 0 Å². The highest BCUT2D eigenvalue weighted by Crippen LogP contribution is 2.40. The Morgan fingerprint density at radius 2 is 1.67 bits per heavy atom. The molecule has 0 aliphatic rings. The van der Waals surface area contributed by atoms with Gasteiger partial charge in [0.05, 0.1) is 6.10 Å². The first-order valence-corrected chi connectivity index (χ1v) is 3.95. The molecule has 0 bridgehead atoms. The van der Waals surface area contributed by atoms with E-state index >= 15 is 0 Å². The second kappa shape index (κ2) is 2.77. The molecule has 0 rings (SSSR count). The molecule has 6 heteroatoms. The summed E-state index contributed by atoms with van der Waals surface area (Å²) in [5.74, 6) is -1.96. The summed E-state index contributed by atoms with van der Waals surface area (Å²) < 4.78 is 10.1. The van der Waals surface area contributed by atoms with Crippen LogP contribution in [-0.4, -0.2) is 31.9 Å². The molecule has 56 valence electrons. The SMILES string of the molecule is C[C@H](O)[C@@H](O)P(=O)(O)O. The van der Waals surface area contributed by atoms with Crippen LogP contribution in [0, 0.1) is 0 Å². The molecule has 0 unspecified atom stereocenters. The lowest BCUT2D eigenvalue weighted by molar-refractivity contribution is 0.0641. The van der Waals surface area contributed by atoms with Gasteiger partial charge in [0.1, 0.15) is 0 Å². The standard InChI is InChI=1S/C3H9O5P/c1-2(4)3(5)9(6,7)8/h2-5H,1H3,(H2,6,7,8)/t2-,3-/m0/s1. The smallest absolute Gasteiger partial charge is 0.356 e. The Bertz CT molecular complexity index is 126. The third-order valence-electron chi connectivity index (χ3n) is 0.776. The number of rotatable bonds is 2. The lowest BCUT2D eigenvalue weighted by atomic mass is 10.4. The lowest BCUT2D eigenvalue weighted by Gasteiger charge is -2.13. The van der Waals surface area contributed by atoms with Crippen molar-refractivity contribution >= 4 is 7.60 Å². The zero-order valence-corrected chi connectivity index (χ0v) is 5.69. The minimum Gasteiger partial charge on any atom is -0.390 e. The van der Waals surface area contributed by atoms with Crippen LogP contribution in [0.3, 0.4) is 0 Å². The molecular formula is C3H9O5P. The van der Waals surface area contributed by atoms with E-state index in [4.69, 9.17) is 20.0 Å². The molecule has 9 heavy (non-hydrogen) atoms. The van der Waals surface area contributed by atoms with E-state index < -0.39 is 19.5 Å². The first-order valence-electron chi connectivity index (χ1n) is 2.27. The Morgan fingerprint density at radius 3 is 1.67 bits per heavy atom. The number of hydrogen-bond donors (Lipinski definition) is 4. The summed E-state index contributed by atoms with van der Waals surface area (Å²) in [5.41, 5.74) is 0. The number of aliphatic hydroxyl groups is 2. The van der Waals surface area contributed by atoms with Gasteiger partial charge in [0.25, 0.3) is 0 Å². The quantitative estimate of drug-likeness (QED) is 0.379. The molecule has 2 atom stereocenters. The molecule has 0 aliphatic heterocycles. The van der Waals surface area contributed by atoms with Crippen LogP contribution in [-0.2, 0) is 4.57 Å². The van der Waals surface area contributed by atoms with E-state index in [0.717, 1.165) is 6.92 Å². The van der Waals surface area contributed by atoms with Crippen molar-refractivity contribution in [2.24, 2.45) is 0 Å². The summed E-state index contributed by atoms with van der Waals surface area (Å²) in [6.45, 7) is 1.10. The maximum atomic E-state index is 10.1. The van der Waals surface area contributed by atoms with Crippen LogP contribution < -0.4 is 0 Å². The highest BCUT2D eigenvalue weighted by molar-refractivity contribution is 7.52. The minimum atomic E-state index is -4.51. The molecule has 5 nitrogen and oxygen atoms in total. The van der Waals surface area contributed by atoms with Crippen LogP contribution in [0.4, 0.5) is 0 Å². The van der Waals surface area contributed by atoms with Crippen molar-refractivity contribution in [2.75, 3.05) is 0 Å². The van der Waals surface area contributed by atoms with Gasteiger partial charge in [0.15, 0.2) is 5.85 Å². The van der Waals surface area contributed by atoms with Gasteiger partial charge in [-0.05, 0) is 6.92 Å². The molecule has 0 aromatic carbocycles. The Labute approximate surface area is 52.1 Å². The Hall–Kier alpha value is 0.0700. The molecule has 4 N–H and O–H groups in total. The maximum Gasteiger partial charge on any atom is 0.356 e. The average Bonchev–Trinajstić information content (AvgIpc) is 1.62. The van der Waals surface area contributed by atoms with Crippen LogP contribution in [0.1, 0.15) is 6.92 Å². The van der Waals surface area contributed by atoms with E-state index in [1.54, 1.807) is 0 Å². The summed E-state index contributed by atoms with van der Waals surface area (Å²) in [4.78, 5) is 16.3. The largest absolute Gasteiger partial charge is 0.390 e. The average molecular weight is 156 g/mol. The molecule has 0 aromatic heterocycles. The van der Waals surface area contributed by atoms with Crippen LogP contribution >= 0.6 is 7.60 Å². The fraction of sp³-hybridized carbons (Fsp3) is 1.00. The predicted octanol–water partition coefficient (Wildman–Crippen LogP) is -1.14. The minimum absolute atomic E-state index is 1.10. The molecule has 0 saturated heterocycles. The Morgan fingerprint density at radius 1 is 1.33 bits per heavy atom. The van der Waals surface area contributed by atoms with Crippen molar-refractivity contribution in [3.05, 3.63) is 0 Å². The first kappa shape index (κ1) is 9.07. The highest BCUT2D eigenvalue weighted by Gasteiger charge is 2.30. The van der Waals surface area contributed by atoms with Gasteiger partial charge < -0.3 is 20.0 Å². The molecule has 0 saturated carbocycles. The van der Waals surface area contributed by atoms with Crippen molar-refractivity contribution in [3.8, 4) is 0 Å². The lowest BCUT2D eigenvalue weighted by Crippen LogP contribution is -2.21. The zero-order valence-electron chi connectivity index (χ0n) is 4.80. The maximum absolute atomic E-state index is 10.1. The summed E-state index contributed by atoms with van der Waals surface area (Å²) in [6.07, 6.45) is -1.40. The second-order valence-electron chi connectivity index (χ2n) is 1.74. The van der Waals surface area contributed by atoms with Gasteiger partial charge in [-0.25, -0.2) is 0 Å². The van der Waals surface area contributed by atoms with Crippen LogP contribution in [0.5, 0.6) is 0 Å². The van der Waals surface area contributed by atoms with E-state index in [2.05, 4.69) is 0 Å². The van der Waals surface area contributed by atoms with E-state index in [1.165, 1.54) is 0 Å². The number of hydrogen-bond acceptors (Lipinski definition) is 3. The molecule has 0 amide bonds. The van der Waals surface area contributed by atoms with Gasteiger partial charge in [0, 0.05) is 0 Å². The number of aliphatic hydroxyl groups excluding tert-OH is 2. The summed E-state index contributed by atoms with van der Waals surface area (Å²) in [6, 6.07) is 0. The van der Waals surface area contributed by atoms with E-state index in [0.29, 0.717) is 0 Å². The monoisotopic (exact) mass is 156 g/mol. The van der Waals surface area contributed by atoms with Gasteiger partial charge in [-0.1, -0.05) is 0 Å². The van der Waals surface area contributed by atoms with E-state index in [-0.39, 0.29) is 0 Å². The van der Waals surface area contributed by atoms with Crippen molar-refractivity contribution in [1.82, 2.24) is 0 Å². The van der Waals surface area contributed by atoms with E-state index in [1.807, 2.05) is 0 Å². The molecule has 0 radical (unpaired) electrons. The van der Waals surface area contributed by atoms with Gasteiger partial charge in [-0.2, -0.15) is 0 Å². The van der Waals surface area contributed by atoms with Gasteiger partial charge in [0.2, 0.25) is 0 Å². The topological polar surface area (TPSA) is 98.0 Å².